The van der Waals surface area contributed by atoms with Crippen LogP contribution >= 0.6 is 0 Å². The van der Waals surface area contributed by atoms with Gasteiger partial charge in [0.05, 0.1) is 17.1 Å². The lowest BCUT2D eigenvalue weighted by Gasteiger charge is -2.34. The molecule has 1 atom stereocenters. The number of nitrogens with zero attached hydrogens (tertiary/aromatic N) is 1. The third-order valence-electron chi connectivity index (χ3n) is 6.27. The molecule has 1 aliphatic heterocycles. The summed E-state index contributed by atoms with van der Waals surface area (Å²) in [6.07, 6.45) is -0.921. The van der Waals surface area contributed by atoms with E-state index in [0.29, 0.717) is 18.0 Å². The van der Waals surface area contributed by atoms with Crippen molar-refractivity contribution in [2.24, 2.45) is 0 Å². The number of fused-ring (bicyclic) bond motifs is 1. The molecule has 5 rings (SSSR count). The topological polar surface area (TPSA) is 114 Å². The summed E-state index contributed by atoms with van der Waals surface area (Å²) in [5, 5.41) is 2.85. The van der Waals surface area contributed by atoms with Crippen molar-refractivity contribution in [2.75, 3.05) is 22.8 Å². The molecule has 41 heavy (non-hydrogen) atoms. The second-order valence-corrected chi connectivity index (χ2v) is 10.8. The van der Waals surface area contributed by atoms with Crippen LogP contribution in [-0.4, -0.2) is 39.5 Å². The predicted molar refractivity (Wildman–Crippen MR) is 151 cm³/mol. The number of benzene rings is 4. The summed E-state index contributed by atoms with van der Waals surface area (Å²) >= 11 is 0. The van der Waals surface area contributed by atoms with E-state index in [1.54, 1.807) is 24.3 Å². The van der Waals surface area contributed by atoms with E-state index in [2.05, 4.69) is 10.0 Å². The van der Waals surface area contributed by atoms with Gasteiger partial charge in [0, 0.05) is 12.2 Å². The SMILES string of the molecule is O=C(NCc1ccccc1)[C@@H]1CN(C(=O)COc2ccc(S(=O)(=O)Nc3ccc(F)cc3)cc2)c2ccccc2O1. The first-order chi connectivity index (χ1) is 19.8. The minimum atomic E-state index is -3.92. The zero-order chi connectivity index (χ0) is 28.8. The molecule has 0 radical (unpaired) electrons. The van der Waals surface area contributed by atoms with E-state index in [4.69, 9.17) is 9.47 Å². The molecule has 2 amide bonds. The minimum absolute atomic E-state index is 0.00787. The van der Waals surface area contributed by atoms with Crippen LogP contribution in [0.2, 0.25) is 0 Å². The van der Waals surface area contributed by atoms with Crippen LogP contribution < -0.4 is 24.4 Å². The van der Waals surface area contributed by atoms with Gasteiger partial charge >= 0.3 is 0 Å². The first-order valence-corrected chi connectivity index (χ1v) is 14.2. The highest BCUT2D eigenvalue weighted by Crippen LogP contribution is 2.33. The summed E-state index contributed by atoms with van der Waals surface area (Å²) in [7, 11) is -3.92. The third-order valence-corrected chi connectivity index (χ3v) is 7.67. The van der Waals surface area contributed by atoms with E-state index in [0.717, 1.165) is 17.7 Å². The standard InChI is InChI=1S/C30H26FN3O6S/c31-22-10-12-23(13-11-22)33-41(37,38)25-16-14-24(15-17-25)39-20-29(35)34-19-28(40-27-9-5-4-8-26(27)34)30(36)32-18-21-6-2-1-3-7-21/h1-17,28,33H,18-20H2,(H,32,36)/t28-/m0/s1. The van der Waals surface area contributed by atoms with E-state index in [1.165, 1.54) is 41.3 Å². The van der Waals surface area contributed by atoms with Crippen LogP contribution in [0.15, 0.2) is 108 Å². The van der Waals surface area contributed by atoms with E-state index >= 15 is 0 Å². The van der Waals surface area contributed by atoms with Crippen LogP contribution in [0.5, 0.6) is 11.5 Å². The molecule has 11 heteroatoms. The summed E-state index contributed by atoms with van der Waals surface area (Å²) in [4.78, 5) is 27.5. The van der Waals surface area contributed by atoms with Gasteiger partial charge in [-0.25, -0.2) is 12.8 Å². The summed E-state index contributed by atoms with van der Waals surface area (Å²) in [5.74, 6) is -0.566. The Morgan fingerprint density at radius 3 is 2.32 bits per heavy atom. The van der Waals surface area contributed by atoms with E-state index in [-0.39, 0.29) is 35.4 Å². The molecule has 210 valence electrons. The van der Waals surface area contributed by atoms with Crippen molar-refractivity contribution < 1.29 is 31.9 Å². The largest absolute Gasteiger partial charge is 0.484 e. The number of halogens is 1. The lowest BCUT2D eigenvalue weighted by Crippen LogP contribution is -2.51. The minimum Gasteiger partial charge on any atom is -0.484 e. The molecule has 0 spiro atoms. The number of carbonyl (C=O) groups is 2. The smallest absolute Gasteiger partial charge is 0.265 e. The van der Waals surface area contributed by atoms with E-state index < -0.39 is 27.9 Å². The summed E-state index contributed by atoms with van der Waals surface area (Å²) in [6, 6.07) is 26.8. The normalized spacial score (nSPS) is 14.4. The molecule has 0 aromatic heterocycles. The third kappa shape index (κ3) is 6.82. The van der Waals surface area contributed by atoms with Crippen molar-refractivity contribution in [3.8, 4) is 11.5 Å². The number of sulfonamides is 1. The molecule has 0 bridgehead atoms. The first kappa shape index (κ1) is 27.7. The average molecular weight is 576 g/mol. The second-order valence-electron chi connectivity index (χ2n) is 9.15. The number of para-hydroxylation sites is 2. The summed E-state index contributed by atoms with van der Waals surface area (Å²) in [5.41, 5.74) is 1.67. The fourth-order valence-electron chi connectivity index (χ4n) is 4.18. The number of nitrogens with one attached hydrogen (secondary N) is 2. The Morgan fingerprint density at radius 2 is 1.59 bits per heavy atom. The van der Waals surface area contributed by atoms with Crippen LogP contribution in [0, 0.1) is 5.82 Å². The molecule has 4 aromatic rings. The molecular formula is C30H26FN3O6S. The molecule has 0 saturated heterocycles. The molecule has 1 heterocycles. The second kappa shape index (κ2) is 12.1. The highest BCUT2D eigenvalue weighted by molar-refractivity contribution is 7.92. The molecule has 4 aromatic carbocycles. The average Bonchev–Trinajstić information content (AvgIpc) is 3.00. The summed E-state index contributed by atoms with van der Waals surface area (Å²) < 4.78 is 52.3. The van der Waals surface area contributed by atoms with Gasteiger partial charge in [-0.15, -0.1) is 0 Å². The van der Waals surface area contributed by atoms with Crippen molar-refractivity contribution in [3.63, 3.8) is 0 Å². The fraction of sp³-hybridized carbons (Fsp3) is 0.133. The Labute approximate surface area is 236 Å². The van der Waals surface area contributed by atoms with Crippen molar-refractivity contribution in [3.05, 3.63) is 115 Å². The maximum Gasteiger partial charge on any atom is 0.265 e. The molecule has 0 saturated carbocycles. The number of carbonyl (C=O) groups excluding carboxylic acids is 2. The van der Waals surface area contributed by atoms with Crippen molar-refractivity contribution >= 4 is 33.2 Å². The highest BCUT2D eigenvalue weighted by atomic mass is 32.2. The lowest BCUT2D eigenvalue weighted by atomic mass is 10.1. The van der Waals surface area contributed by atoms with Gasteiger partial charge in [0.2, 0.25) is 0 Å². The fourth-order valence-corrected chi connectivity index (χ4v) is 5.23. The number of ether oxygens (including phenoxy) is 2. The Kier molecular flexibility index (Phi) is 8.16. The van der Waals surface area contributed by atoms with Gasteiger partial charge in [0.1, 0.15) is 17.3 Å². The lowest BCUT2D eigenvalue weighted by molar-refractivity contribution is -0.128. The van der Waals surface area contributed by atoms with Crippen LogP contribution in [0.25, 0.3) is 0 Å². The van der Waals surface area contributed by atoms with Crippen molar-refractivity contribution in [2.45, 2.75) is 17.5 Å². The van der Waals surface area contributed by atoms with E-state index in [9.17, 15) is 22.4 Å². The quantitative estimate of drug-likeness (QED) is 0.311. The van der Waals surface area contributed by atoms with Gasteiger partial charge in [0.15, 0.2) is 12.7 Å². The van der Waals surface area contributed by atoms with Gasteiger partial charge in [-0.05, 0) is 66.2 Å². The zero-order valence-electron chi connectivity index (χ0n) is 21.7. The number of rotatable bonds is 9. The van der Waals surface area contributed by atoms with E-state index in [1.807, 2.05) is 30.3 Å². The molecular weight excluding hydrogens is 549 g/mol. The van der Waals surface area contributed by atoms with Gasteiger partial charge < -0.3 is 19.7 Å². The monoisotopic (exact) mass is 575 g/mol. The van der Waals surface area contributed by atoms with Crippen molar-refractivity contribution in [1.29, 1.82) is 0 Å². The molecule has 0 fully saturated rings. The van der Waals surface area contributed by atoms with Gasteiger partial charge in [-0.2, -0.15) is 0 Å². The van der Waals surface area contributed by atoms with Crippen LogP contribution in [-0.2, 0) is 26.2 Å². The van der Waals surface area contributed by atoms with Crippen LogP contribution in [0.3, 0.4) is 0 Å². The van der Waals surface area contributed by atoms with Crippen molar-refractivity contribution in [1.82, 2.24) is 5.32 Å². The van der Waals surface area contributed by atoms with Gasteiger partial charge in [0.25, 0.3) is 21.8 Å². The Morgan fingerprint density at radius 1 is 0.902 bits per heavy atom. The first-order valence-electron chi connectivity index (χ1n) is 12.7. The Bertz CT molecular complexity index is 1630. The zero-order valence-corrected chi connectivity index (χ0v) is 22.5. The summed E-state index contributed by atoms with van der Waals surface area (Å²) in [6.45, 7) is -0.0396. The molecule has 1 aliphatic rings. The maximum atomic E-state index is 13.2. The van der Waals surface area contributed by atoms with Crippen LogP contribution in [0.4, 0.5) is 15.8 Å². The van der Waals surface area contributed by atoms with Gasteiger partial charge in [-0.3, -0.25) is 14.3 Å². The Hall–Kier alpha value is -4.90. The predicted octanol–water partition coefficient (Wildman–Crippen LogP) is 4.12. The maximum absolute atomic E-state index is 13.2. The van der Waals surface area contributed by atoms with Crippen LogP contribution in [0.1, 0.15) is 5.56 Å². The number of anilines is 2. The molecule has 2 N–H and O–H groups in total. The van der Waals surface area contributed by atoms with Gasteiger partial charge in [-0.1, -0.05) is 42.5 Å². The number of hydrogen-bond donors (Lipinski definition) is 2. The molecule has 0 aliphatic carbocycles. The molecule has 0 unspecified atom stereocenters. The number of hydrogen-bond acceptors (Lipinski definition) is 6. The Balaban J connectivity index is 1.21. The number of amides is 2. The highest BCUT2D eigenvalue weighted by Gasteiger charge is 2.33. The molecule has 9 nitrogen and oxygen atoms in total.